The van der Waals surface area contributed by atoms with Crippen LogP contribution in [0.5, 0.6) is 0 Å². The molecule has 0 amide bonds. The Labute approximate surface area is 92.8 Å². The summed E-state index contributed by atoms with van der Waals surface area (Å²) in [7, 11) is 0. The fourth-order valence-corrected chi connectivity index (χ4v) is 2.37. The molecule has 0 aliphatic heterocycles. The Kier molecular flexibility index (Phi) is 4.24. The fraction of sp³-hybridized carbons (Fsp3) is 1.00. The van der Waals surface area contributed by atoms with Gasteiger partial charge >= 0.3 is 0 Å². The van der Waals surface area contributed by atoms with E-state index in [2.05, 4.69) is 0 Å². The summed E-state index contributed by atoms with van der Waals surface area (Å²) in [6.07, 6.45) is -2.81. The molecule has 1 fully saturated rings. The third-order valence-electron chi connectivity index (χ3n) is 3.53. The summed E-state index contributed by atoms with van der Waals surface area (Å²) in [6, 6.07) is -1.18. The molecule has 0 unspecified atom stereocenters. The molecule has 7 heteroatoms. The quantitative estimate of drug-likeness (QED) is 0.264. The van der Waals surface area contributed by atoms with Crippen molar-refractivity contribution in [2.24, 2.45) is 17.6 Å². The summed E-state index contributed by atoms with van der Waals surface area (Å²) < 4.78 is 0. The summed E-state index contributed by atoms with van der Waals surface area (Å²) in [6.45, 7) is -1.89. The second-order valence-electron chi connectivity index (χ2n) is 4.30. The molecule has 1 aliphatic carbocycles. The van der Waals surface area contributed by atoms with Crippen molar-refractivity contribution in [3.05, 3.63) is 0 Å². The van der Waals surface area contributed by atoms with E-state index in [0.29, 0.717) is 0 Å². The van der Waals surface area contributed by atoms with Crippen LogP contribution in [0.2, 0.25) is 0 Å². The summed E-state index contributed by atoms with van der Waals surface area (Å²) in [4.78, 5) is 0. The molecule has 0 aromatic carbocycles. The minimum absolute atomic E-state index is 0.505. The molecule has 0 spiro atoms. The Morgan fingerprint density at radius 1 is 1.06 bits per heavy atom. The fourth-order valence-electron chi connectivity index (χ4n) is 2.37. The van der Waals surface area contributed by atoms with Crippen LogP contribution in [-0.2, 0) is 0 Å². The van der Waals surface area contributed by atoms with Crippen molar-refractivity contribution in [1.82, 2.24) is 0 Å². The van der Waals surface area contributed by atoms with E-state index in [4.69, 9.17) is 21.1 Å². The van der Waals surface area contributed by atoms with Crippen LogP contribution in [0, 0.1) is 11.8 Å². The highest BCUT2D eigenvalue weighted by Crippen LogP contribution is 2.37. The number of nitrogens with two attached hydrogens (primary N) is 1. The normalized spacial score (nSPS) is 49.3. The predicted molar refractivity (Wildman–Crippen MR) is 53.2 cm³/mol. The van der Waals surface area contributed by atoms with Crippen LogP contribution >= 0.6 is 0 Å². The molecule has 8 N–H and O–H groups in total. The first-order valence-electron chi connectivity index (χ1n) is 5.10. The Balaban J connectivity index is 3.07. The van der Waals surface area contributed by atoms with Crippen LogP contribution < -0.4 is 5.73 Å². The van der Waals surface area contributed by atoms with Gasteiger partial charge in [0.25, 0.3) is 0 Å². The van der Waals surface area contributed by atoms with E-state index in [9.17, 15) is 15.3 Å². The Morgan fingerprint density at radius 2 is 1.62 bits per heavy atom. The second-order valence-corrected chi connectivity index (χ2v) is 4.30. The maximum atomic E-state index is 10.0. The molecule has 0 radical (unpaired) electrons. The Bertz CT molecular complexity index is 238. The second kappa shape index (κ2) is 4.92. The number of aliphatic hydroxyl groups is 6. The predicted octanol–water partition coefficient (Wildman–Crippen LogP) is -4.01. The lowest BCUT2D eigenvalue weighted by Crippen LogP contribution is -2.71. The SMILES string of the molecule is N[C@@H]1[C@@H](O)[C@@H](CO)[C@@H](CO)[C@](O)(CO)[C@H]1O. The number of hydrogen-bond donors (Lipinski definition) is 7. The largest absolute Gasteiger partial charge is 0.396 e. The van der Waals surface area contributed by atoms with Crippen molar-refractivity contribution in [1.29, 1.82) is 0 Å². The molecule has 1 rings (SSSR count). The summed E-state index contributed by atoms with van der Waals surface area (Å²) in [5.74, 6) is -1.92. The van der Waals surface area contributed by atoms with E-state index in [-0.39, 0.29) is 0 Å². The van der Waals surface area contributed by atoms with Gasteiger partial charge in [0.15, 0.2) is 0 Å². The zero-order chi connectivity index (χ0) is 12.5. The summed E-state index contributed by atoms with van der Waals surface area (Å²) in [5, 5.41) is 56.7. The molecule has 0 aromatic heterocycles. The van der Waals surface area contributed by atoms with Gasteiger partial charge in [0.1, 0.15) is 11.7 Å². The zero-order valence-electron chi connectivity index (χ0n) is 8.77. The van der Waals surface area contributed by atoms with Gasteiger partial charge in [0, 0.05) is 25.0 Å². The molecule has 6 atom stereocenters. The summed E-state index contributed by atoms with van der Waals surface area (Å²) in [5.41, 5.74) is 3.48. The smallest absolute Gasteiger partial charge is 0.120 e. The third-order valence-corrected chi connectivity index (χ3v) is 3.53. The number of aliphatic hydroxyl groups excluding tert-OH is 5. The van der Waals surface area contributed by atoms with E-state index in [1.54, 1.807) is 0 Å². The van der Waals surface area contributed by atoms with E-state index in [1.807, 2.05) is 0 Å². The van der Waals surface area contributed by atoms with Crippen LogP contribution in [-0.4, -0.2) is 74.3 Å². The van der Waals surface area contributed by atoms with Gasteiger partial charge < -0.3 is 36.4 Å². The number of hydrogen-bond acceptors (Lipinski definition) is 7. The lowest BCUT2D eigenvalue weighted by molar-refractivity contribution is -0.221. The minimum Gasteiger partial charge on any atom is -0.396 e. The van der Waals surface area contributed by atoms with Crippen molar-refractivity contribution in [3.63, 3.8) is 0 Å². The Morgan fingerprint density at radius 3 is 2.00 bits per heavy atom. The molecular weight excluding hydrogens is 218 g/mol. The van der Waals surface area contributed by atoms with E-state index >= 15 is 0 Å². The Hall–Kier alpha value is -0.280. The molecule has 0 aromatic rings. The van der Waals surface area contributed by atoms with E-state index in [0.717, 1.165) is 0 Å². The average molecular weight is 237 g/mol. The standard InChI is InChI=1S/C9H19NO6/c10-6-7(14)4(1-11)5(2-12)9(16,3-13)8(6)15/h4-8,11-16H,1-3,10H2/t4-,5+,6+,7-,8-,9+/m0/s1. The van der Waals surface area contributed by atoms with Gasteiger partial charge in [-0.1, -0.05) is 0 Å². The molecule has 1 saturated carbocycles. The molecule has 0 bridgehead atoms. The lowest BCUT2D eigenvalue weighted by atomic mass is 9.65. The van der Waals surface area contributed by atoms with Crippen LogP contribution in [0.3, 0.4) is 0 Å². The van der Waals surface area contributed by atoms with Crippen LogP contribution in [0.15, 0.2) is 0 Å². The number of rotatable bonds is 3. The van der Waals surface area contributed by atoms with Crippen LogP contribution in [0.25, 0.3) is 0 Å². The minimum atomic E-state index is -2.01. The van der Waals surface area contributed by atoms with Crippen molar-refractivity contribution < 1.29 is 30.6 Å². The monoisotopic (exact) mass is 237 g/mol. The maximum absolute atomic E-state index is 10.0. The average Bonchev–Trinajstić information content (AvgIpc) is 2.30. The van der Waals surface area contributed by atoms with Crippen LogP contribution in [0.4, 0.5) is 0 Å². The van der Waals surface area contributed by atoms with Gasteiger partial charge in [-0.2, -0.15) is 0 Å². The van der Waals surface area contributed by atoms with E-state index < -0.39 is 55.5 Å². The zero-order valence-corrected chi connectivity index (χ0v) is 8.77. The maximum Gasteiger partial charge on any atom is 0.120 e. The molecule has 0 saturated heterocycles. The van der Waals surface area contributed by atoms with Crippen LogP contribution in [0.1, 0.15) is 0 Å². The van der Waals surface area contributed by atoms with E-state index in [1.165, 1.54) is 0 Å². The van der Waals surface area contributed by atoms with Crippen molar-refractivity contribution in [2.75, 3.05) is 19.8 Å². The first-order chi connectivity index (χ1) is 7.43. The molecule has 1 aliphatic rings. The molecule has 16 heavy (non-hydrogen) atoms. The first-order valence-corrected chi connectivity index (χ1v) is 5.10. The third kappa shape index (κ3) is 1.84. The van der Waals surface area contributed by atoms with Gasteiger partial charge in [0.2, 0.25) is 0 Å². The van der Waals surface area contributed by atoms with Crippen molar-refractivity contribution in [3.8, 4) is 0 Å². The molecular formula is C9H19NO6. The highest BCUT2D eigenvalue weighted by Gasteiger charge is 2.56. The highest BCUT2D eigenvalue weighted by atomic mass is 16.4. The molecule has 0 heterocycles. The lowest BCUT2D eigenvalue weighted by Gasteiger charge is -2.50. The van der Waals surface area contributed by atoms with Gasteiger partial charge in [0.05, 0.1) is 18.8 Å². The van der Waals surface area contributed by atoms with Gasteiger partial charge in [-0.05, 0) is 0 Å². The van der Waals surface area contributed by atoms with Gasteiger partial charge in [-0.25, -0.2) is 0 Å². The molecule has 96 valence electrons. The topological polar surface area (TPSA) is 147 Å². The molecule has 7 nitrogen and oxygen atoms in total. The van der Waals surface area contributed by atoms with Crippen molar-refractivity contribution >= 4 is 0 Å². The summed E-state index contributed by atoms with van der Waals surface area (Å²) >= 11 is 0. The van der Waals surface area contributed by atoms with Gasteiger partial charge in [-0.15, -0.1) is 0 Å². The highest BCUT2D eigenvalue weighted by molar-refractivity contribution is 5.08. The van der Waals surface area contributed by atoms with Gasteiger partial charge in [-0.3, -0.25) is 0 Å². The van der Waals surface area contributed by atoms with Crippen molar-refractivity contribution in [2.45, 2.75) is 23.9 Å². The first kappa shape index (κ1) is 13.8.